The fourth-order valence-electron chi connectivity index (χ4n) is 2.42. The minimum Gasteiger partial charge on any atom is -0.351 e. The largest absolute Gasteiger partial charge is 0.351 e. The lowest BCUT2D eigenvalue weighted by atomic mass is 10.2. The van der Waals surface area contributed by atoms with Gasteiger partial charge in [0.1, 0.15) is 4.21 Å². The molecule has 2 aromatic heterocycles. The highest BCUT2D eigenvalue weighted by Gasteiger charge is 2.26. The van der Waals surface area contributed by atoms with E-state index in [-0.39, 0.29) is 0 Å². The lowest BCUT2D eigenvalue weighted by molar-refractivity contribution is 0.112. The Morgan fingerprint density at radius 1 is 1.27 bits per heavy atom. The zero-order valence-electron chi connectivity index (χ0n) is 11.8. The Bertz CT molecular complexity index is 912. The molecule has 114 valence electrons. The molecule has 0 unspecified atom stereocenters. The Morgan fingerprint density at radius 3 is 2.73 bits per heavy atom. The topological polar surface area (TPSA) is 70.2 Å². The molecule has 0 spiro atoms. The summed E-state index contributed by atoms with van der Waals surface area (Å²) < 4.78 is 27.2. The van der Waals surface area contributed by atoms with Crippen LogP contribution >= 0.6 is 11.3 Å². The van der Waals surface area contributed by atoms with Crippen molar-refractivity contribution in [3.05, 3.63) is 47.5 Å². The Labute approximate surface area is 132 Å². The van der Waals surface area contributed by atoms with E-state index in [2.05, 4.69) is 4.98 Å². The van der Waals surface area contributed by atoms with E-state index in [4.69, 9.17) is 0 Å². The van der Waals surface area contributed by atoms with Gasteiger partial charge in [0.2, 0.25) is 0 Å². The number of hydrogen-bond donors (Lipinski definition) is 1. The minimum absolute atomic E-state index is 0.300. The molecule has 0 aliphatic carbocycles. The fraction of sp³-hybridized carbons (Fsp3) is 0.133. The van der Waals surface area contributed by atoms with Crippen molar-refractivity contribution in [3.63, 3.8) is 0 Å². The third-order valence-electron chi connectivity index (χ3n) is 3.38. The van der Waals surface area contributed by atoms with E-state index in [0.717, 1.165) is 5.39 Å². The van der Waals surface area contributed by atoms with Gasteiger partial charge in [-0.2, -0.15) is 0 Å². The summed E-state index contributed by atoms with van der Waals surface area (Å²) in [5, 5.41) is 2.54. The number of H-pyrrole nitrogens is 1. The molecule has 0 saturated carbocycles. The van der Waals surface area contributed by atoms with Crippen molar-refractivity contribution in [1.82, 2.24) is 4.98 Å². The van der Waals surface area contributed by atoms with Gasteiger partial charge >= 0.3 is 0 Å². The van der Waals surface area contributed by atoms with Gasteiger partial charge in [0.25, 0.3) is 10.0 Å². The first-order valence-corrected chi connectivity index (χ1v) is 9.03. The van der Waals surface area contributed by atoms with Gasteiger partial charge in [0.05, 0.1) is 16.9 Å². The monoisotopic (exact) mass is 334 g/mol. The van der Waals surface area contributed by atoms with E-state index in [1.165, 1.54) is 15.6 Å². The first-order valence-electron chi connectivity index (χ1n) is 6.71. The van der Waals surface area contributed by atoms with Crippen LogP contribution in [-0.4, -0.2) is 26.2 Å². The van der Waals surface area contributed by atoms with E-state index in [1.54, 1.807) is 42.6 Å². The number of rotatable bonds is 5. The molecule has 0 aliphatic heterocycles. The standard InChI is InChI=1S/C15H14N2O3S2/c1-2-17(22(19,20)14-7-4-8-21-14)13-6-3-5-11-9-12(10-18)16-15(11)13/h3-10,16H,2H2,1H3. The lowest BCUT2D eigenvalue weighted by Crippen LogP contribution is -2.30. The number of aromatic nitrogens is 1. The van der Waals surface area contributed by atoms with Crippen molar-refractivity contribution in [2.75, 3.05) is 10.8 Å². The number of aldehydes is 1. The number of fused-ring (bicyclic) bond motifs is 1. The zero-order chi connectivity index (χ0) is 15.7. The van der Waals surface area contributed by atoms with Crippen molar-refractivity contribution in [2.24, 2.45) is 0 Å². The number of benzene rings is 1. The molecule has 0 fully saturated rings. The highest BCUT2D eigenvalue weighted by molar-refractivity contribution is 7.94. The average molecular weight is 334 g/mol. The molecule has 1 aromatic carbocycles. The third kappa shape index (κ3) is 2.32. The maximum Gasteiger partial charge on any atom is 0.273 e. The smallest absolute Gasteiger partial charge is 0.273 e. The summed E-state index contributed by atoms with van der Waals surface area (Å²) in [6.45, 7) is 2.09. The summed E-state index contributed by atoms with van der Waals surface area (Å²) in [6, 6.07) is 10.4. The van der Waals surface area contributed by atoms with Gasteiger partial charge in [-0.05, 0) is 30.5 Å². The number of anilines is 1. The van der Waals surface area contributed by atoms with E-state index in [9.17, 15) is 13.2 Å². The van der Waals surface area contributed by atoms with Crippen LogP contribution in [0.2, 0.25) is 0 Å². The molecule has 0 radical (unpaired) electrons. The van der Waals surface area contributed by atoms with Crippen LogP contribution < -0.4 is 4.31 Å². The molecule has 1 N–H and O–H groups in total. The van der Waals surface area contributed by atoms with Gasteiger partial charge < -0.3 is 4.98 Å². The van der Waals surface area contributed by atoms with E-state index in [1.807, 2.05) is 6.07 Å². The van der Waals surface area contributed by atoms with E-state index < -0.39 is 10.0 Å². The zero-order valence-corrected chi connectivity index (χ0v) is 13.4. The number of thiophene rings is 1. The third-order valence-corrected chi connectivity index (χ3v) is 6.64. The number of carbonyl (C=O) groups excluding carboxylic acids is 1. The van der Waals surface area contributed by atoms with Gasteiger partial charge in [-0.3, -0.25) is 9.10 Å². The van der Waals surface area contributed by atoms with Crippen LogP contribution in [-0.2, 0) is 10.0 Å². The van der Waals surface area contributed by atoms with Crippen molar-refractivity contribution >= 4 is 44.2 Å². The van der Waals surface area contributed by atoms with Gasteiger partial charge in [-0.1, -0.05) is 18.2 Å². The Hall–Kier alpha value is -2.12. The second-order valence-corrected chi connectivity index (χ2v) is 7.72. The van der Waals surface area contributed by atoms with E-state index in [0.29, 0.717) is 33.9 Å². The first kappa shape index (κ1) is 14.8. The number of aromatic amines is 1. The number of nitrogens with one attached hydrogen (secondary N) is 1. The summed E-state index contributed by atoms with van der Waals surface area (Å²) in [4.78, 5) is 13.9. The second-order valence-electron chi connectivity index (χ2n) is 4.69. The van der Waals surface area contributed by atoms with Crippen LogP contribution in [0.3, 0.4) is 0 Å². The molecule has 0 saturated heterocycles. The van der Waals surface area contributed by atoms with Crippen LogP contribution in [0.15, 0.2) is 46.0 Å². The molecule has 22 heavy (non-hydrogen) atoms. The number of hydrogen-bond acceptors (Lipinski definition) is 4. The molecule has 0 aliphatic rings. The summed E-state index contributed by atoms with van der Waals surface area (Å²) in [6.07, 6.45) is 0.716. The van der Waals surface area contributed by atoms with Gasteiger partial charge in [-0.25, -0.2) is 8.42 Å². The number of para-hydroxylation sites is 1. The summed E-state index contributed by atoms with van der Waals surface area (Å²) in [5.74, 6) is 0. The maximum absolute atomic E-state index is 12.8. The van der Waals surface area contributed by atoms with Crippen molar-refractivity contribution in [2.45, 2.75) is 11.1 Å². The molecular weight excluding hydrogens is 320 g/mol. The highest BCUT2D eigenvalue weighted by atomic mass is 32.2. The minimum atomic E-state index is -3.61. The second kappa shape index (κ2) is 5.58. The van der Waals surface area contributed by atoms with E-state index >= 15 is 0 Å². The highest BCUT2D eigenvalue weighted by Crippen LogP contribution is 2.31. The van der Waals surface area contributed by atoms with Crippen molar-refractivity contribution < 1.29 is 13.2 Å². The predicted octanol–water partition coefficient (Wildman–Crippen LogP) is 3.26. The van der Waals surface area contributed by atoms with Crippen LogP contribution in [0.4, 0.5) is 5.69 Å². The molecule has 0 bridgehead atoms. The quantitative estimate of drug-likeness (QED) is 0.728. The van der Waals surface area contributed by atoms with Crippen LogP contribution in [0, 0.1) is 0 Å². The Balaban J connectivity index is 2.20. The lowest BCUT2D eigenvalue weighted by Gasteiger charge is -2.22. The van der Waals surface area contributed by atoms with Crippen LogP contribution in [0.5, 0.6) is 0 Å². The fourth-order valence-corrected chi connectivity index (χ4v) is 5.01. The Kier molecular flexibility index (Phi) is 3.76. The predicted molar refractivity (Wildman–Crippen MR) is 88.2 cm³/mol. The molecule has 3 aromatic rings. The Morgan fingerprint density at radius 2 is 2.09 bits per heavy atom. The van der Waals surface area contributed by atoms with Gasteiger partial charge in [0, 0.05) is 11.9 Å². The normalized spacial score (nSPS) is 11.7. The van der Waals surface area contributed by atoms with Crippen LogP contribution in [0.25, 0.3) is 10.9 Å². The van der Waals surface area contributed by atoms with Crippen LogP contribution in [0.1, 0.15) is 17.4 Å². The number of carbonyl (C=O) groups is 1. The maximum atomic E-state index is 12.8. The summed E-state index contributed by atoms with van der Waals surface area (Å²) in [5.41, 5.74) is 1.61. The molecule has 2 heterocycles. The molecule has 7 heteroatoms. The van der Waals surface area contributed by atoms with Gasteiger partial charge in [-0.15, -0.1) is 11.3 Å². The first-order chi connectivity index (χ1) is 10.6. The number of nitrogens with zero attached hydrogens (tertiary/aromatic N) is 1. The molecular formula is C15H14N2O3S2. The molecule has 0 atom stereocenters. The summed E-state index contributed by atoms with van der Waals surface area (Å²) in [7, 11) is -3.61. The number of sulfonamides is 1. The van der Waals surface area contributed by atoms with Crippen molar-refractivity contribution in [1.29, 1.82) is 0 Å². The SMILES string of the molecule is CCN(c1cccc2cc(C=O)[nH]c12)S(=O)(=O)c1cccs1. The van der Waals surface area contributed by atoms with Crippen molar-refractivity contribution in [3.8, 4) is 0 Å². The molecule has 0 amide bonds. The summed E-state index contributed by atoms with van der Waals surface area (Å²) >= 11 is 1.19. The average Bonchev–Trinajstić information content (AvgIpc) is 3.17. The molecule has 3 rings (SSSR count). The van der Waals surface area contributed by atoms with Gasteiger partial charge in [0.15, 0.2) is 6.29 Å². The molecule has 5 nitrogen and oxygen atoms in total.